The predicted octanol–water partition coefficient (Wildman–Crippen LogP) is 4.74. The van der Waals surface area contributed by atoms with Gasteiger partial charge in [-0.2, -0.15) is 0 Å². The second-order valence-electron chi connectivity index (χ2n) is 7.09. The molecule has 0 fully saturated rings. The van der Waals surface area contributed by atoms with Gasteiger partial charge in [0, 0.05) is 12.6 Å². The van der Waals surface area contributed by atoms with Gasteiger partial charge in [0.25, 0.3) is 0 Å². The van der Waals surface area contributed by atoms with E-state index in [1.165, 1.54) is 5.56 Å². The topological polar surface area (TPSA) is 32.3 Å². The average molecular weight is 345 g/mol. The van der Waals surface area contributed by atoms with Crippen LogP contribution >= 0.6 is 0 Å². The predicted molar refractivity (Wildman–Crippen MR) is 108 cm³/mol. The Morgan fingerprint density at radius 2 is 1.15 bits per heavy atom. The van der Waals surface area contributed by atoms with Crippen LogP contribution in [0.15, 0.2) is 91.0 Å². The molecule has 1 unspecified atom stereocenters. The van der Waals surface area contributed by atoms with E-state index in [0.717, 1.165) is 11.1 Å². The summed E-state index contributed by atoms with van der Waals surface area (Å²) in [4.78, 5) is 0. The van der Waals surface area contributed by atoms with Gasteiger partial charge in [-0.25, -0.2) is 0 Å². The Labute approximate surface area is 156 Å². The second kappa shape index (κ2) is 8.31. The summed E-state index contributed by atoms with van der Waals surface area (Å²) < 4.78 is 0. The highest BCUT2D eigenvalue weighted by Crippen LogP contribution is 2.36. The third-order valence-electron chi connectivity index (χ3n) is 4.91. The Morgan fingerprint density at radius 1 is 0.731 bits per heavy atom. The van der Waals surface area contributed by atoms with Crippen LogP contribution in [0.4, 0.5) is 0 Å². The van der Waals surface area contributed by atoms with Gasteiger partial charge in [-0.1, -0.05) is 105 Å². The quantitative estimate of drug-likeness (QED) is 0.648. The zero-order valence-corrected chi connectivity index (χ0v) is 15.5. The fourth-order valence-electron chi connectivity index (χ4n) is 3.60. The Kier molecular flexibility index (Phi) is 5.87. The summed E-state index contributed by atoms with van der Waals surface area (Å²) in [7, 11) is 0. The number of hydrogen-bond acceptors (Lipinski definition) is 2. The van der Waals surface area contributed by atoms with E-state index in [1.807, 2.05) is 78.9 Å². The maximum atomic E-state index is 12.0. The Hall–Kier alpha value is -2.42. The van der Waals surface area contributed by atoms with Crippen LogP contribution in [-0.2, 0) is 12.1 Å². The maximum Gasteiger partial charge on any atom is 0.130 e. The van der Waals surface area contributed by atoms with Crippen molar-refractivity contribution in [2.75, 3.05) is 0 Å². The van der Waals surface area contributed by atoms with E-state index in [2.05, 4.69) is 31.3 Å². The SMILES string of the molecule is CC(C)C(NCc1ccccc1)C(O)(c1ccccc1)c1ccccc1. The molecule has 0 amide bonds. The molecule has 2 N–H and O–H groups in total. The minimum atomic E-state index is -1.11. The van der Waals surface area contributed by atoms with Crippen LogP contribution in [0.5, 0.6) is 0 Å². The molecule has 3 aromatic carbocycles. The lowest BCUT2D eigenvalue weighted by Gasteiger charge is -2.40. The van der Waals surface area contributed by atoms with Crippen LogP contribution in [0.3, 0.4) is 0 Å². The van der Waals surface area contributed by atoms with Gasteiger partial charge in [0.1, 0.15) is 5.60 Å². The summed E-state index contributed by atoms with van der Waals surface area (Å²) in [6.07, 6.45) is 0. The number of nitrogens with one attached hydrogen (secondary N) is 1. The zero-order valence-electron chi connectivity index (χ0n) is 15.5. The van der Waals surface area contributed by atoms with Crippen molar-refractivity contribution >= 4 is 0 Å². The second-order valence-corrected chi connectivity index (χ2v) is 7.09. The Balaban J connectivity index is 2.00. The summed E-state index contributed by atoms with van der Waals surface area (Å²) >= 11 is 0. The third-order valence-corrected chi connectivity index (χ3v) is 4.91. The molecule has 2 heteroatoms. The monoisotopic (exact) mass is 345 g/mol. The standard InChI is InChI=1S/C24H27NO/c1-19(2)23(25-18-20-12-6-3-7-13-20)24(26,21-14-8-4-9-15-21)22-16-10-5-11-17-22/h3-17,19,23,25-26H,18H2,1-2H3. The van der Waals surface area contributed by atoms with Gasteiger partial charge in [0.05, 0.1) is 0 Å². The highest BCUT2D eigenvalue weighted by atomic mass is 16.3. The zero-order chi connectivity index (χ0) is 18.4. The van der Waals surface area contributed by atoms with Crippen molar-refractivity contribution in [1.29, 1.82) is 0 Å². The molecule has 0 heterocycles. The van der Waals surface area contributed by atoms with Gasteiger partial charge < -0.3 is 10.4 Å². The number of rotatable bonds is 7. The minimum absolute atomic E-state index is 0.132. The van der Waals surface area contributed by atoms with Gasteiger partial charge in [-0.05, 0) is 22.6 Å². The normalized spacial score (nSPS) is 12.9. The molecule has 0 aliphatic heterocycles. The highest BCUT2D eigenvalue weighted by molar-refractivity contribution is 5.38. The molecule has 26 heavy (non-hydrogen) atoms. The van der Waals surface area contributed by atoms with Gasteiger partial charge in [-0.3, -0.25) is 0 Å². The van der Waals surface area contributed by atoms with Crippen molar-refractivity contribution in [2.45, 2.75) is 32.0 Å². The van der Waals surface area contributed by atoms with E-state index in [4.69, 9.17) is 0 Å². The van der Waals surface area contributed by atoms with Crippen LogP contribution in [0.2, 0.25) is 0 Å². The highest BCUT2D eigenvalue weighted by Gasteiger charge is 2.41. The van der Waals surface area contributed by atoms with Crippen molar-refractivity contribution in [3.05, 3.63) is 108 Å². The van der Waals surface area contributed by atoms with Crippen LogP contribution in [0.1, 0.15) is 30.5 Å². The first-order chi connectivity index (χ1) is 12.6. The fourth-order valence-corrected chi connectivity index (χ4v) is 3.60. The molecule has 0 bridgehead atoms. The molecule has 134 valence electrons. The van der Waals surface area contributed by atoms with Crippen molar-refractivity contribution in [2.24, 2.45) is 5.92 Å². The molecule has 3 rings (SSSR count). The van der Waals surface area contributed by atoms with E-state index in [9.17, 15) is 5.11 Å². The molecular weight excluding hydrogens is 318 g/mol. The van der Waals surface area contributed by atoms with Crippen LogP contribution in [-0.4, -0.2) is 11.1 Å². The summed E-state index contributed by atoms with van der Waals surface area (Å²) in [6, 6.07) is 30.1. The Morgan fingerprint density at radius 3 is 1.58 bits per heavy atom. The Bertz CT molecular complexity index is 745. The van der Waals surface area contributed by atoms with Crippen molar-refractivity contribution in [3.8, 4) is 0 Å². The lowest BCUT2D eigenvalue weighted by Crippen LogP contribution is -2.52. The van der Waals surface area contributed by atoms with Crippen LogP contribution < -0.4 is 5.32 Å². The van der Waals surface area contributed by atoms with Gasteiger partial charge >= 0.3 is 0 Å². The van der Waals surface area contributed by atoms with E-state index < -0.39 is 5.60 Å². The first kappa shape index (κ1) is 18.4. The summed E-state index contributed by atoms with van der Waals surface area (Å²) in [5.41, 5.74) is 1.92. The van der Waals surface area contributed by atoms with Crippen molar-refractivity contribution in [1.82, 2.24) is 5.32 Å². The van der Waals surface area contributed by atoms with Gasteiger partial charge in [0.2, 0.25) is 0 Å². The smallest absolute Gasteiger partial charge is 0.130 e. The lowest BCUT2D eigenvalue weighted by atomic mass is 9.76. The number of hydrogen-bond donors (Lipinski definition) is 2. The molecule has 0 saturated carbocycles. The van der Waals surface area contributed by atoms with Crippen LogP contribution in [0, 0.1) is 5.92 Å². The van der Waals surface area contributed by atoms with Crippen molar-refractivity contribution in [3.63, 3.8) is 0 Å². The molecule has 0 aliphatic rings. The third kappa shape index (κ3) is 3.87. The van der Waals surface area contributed by atoms with E-state index >= 15 is 0 Å². The first-order valence-corrected chi connectivity index (χ1v) is 9.23. The van der Waals surface area contributed by atoms with E-state index in [-0.39, 0.29) is 12.0 Å². The fraction of sp³-hybridized carbons (Fsp3) is 0.250. The first-order valence-electron chi connectivity index (χ1n) is 9.23. The lowest BCUT2D eigenvalue weighted by molar-refractivity contribution is 0.0183. The molecular formula is C24H27NO. The summed E-state index contributed by atoms with van der Waals surface area (Å²) in [5.74, 6) is 0.240. The van der Waals surface area contributed by atoms with Crippen LogP contribution in [0.25, 0.3) is 0 Å². The minimum Gasteiger partial charge on any atom is -0.379 e. The summed E-state index contributed by atoms with van der Waals surface area (Å²) in [5, 5.41) is 15.6. The van der Waals surface area contributed by atoms with E-state index in [1.54, 1.807) is 0 Å². The van der Waals surface area contributed by atoms with E-state index in [0.29, 0.717) is 6.54 Å². The molecule has 0 aromatic heterocycles. The molecule has 3 aromatic rings. The molecule has 1 atom stereocenters. The molecule has 0 aliphatic carbocycles. The van der Waals surface area contributed by atoms with Gasteiger partial charge in [-0.15, -0.1) is 0 Å². The molecule has 0 spiro atoms. The number of benzene rings is 3. The molecule has 2 nitrogen and oxygen atoms in total. The van der Waals surface area contributed by atoms with Crippen molar-refractivity contribution < 1.29 is 5.11 Å². The van der Waals surface area contributed by atoms with Gasteiger partial charge in [0.15, 0.2) is 0 Å². The number of aliphatic hydroxyl groups is 1. The molecule has 0 radical (unpaired) electrons. The largest absolute Gasteiger partial charge is 0.379 e. The summed E-state index contributed by atoms with van der Waals surface area (Å²) in [6.45, 7) is 5.02. The maximum absolute atomic E-state index is 12.0. The molecule has 0 saturated heterocycles. The average Bonchev–Trinajstić information content (AvgIpc) is 2.70.